The van der Waals surface area contributed by atoms with Crippen molar-refractivity contribution >= 4 is 11.6 Å². The molecule has 2 N–H and O–H groups in total. The van der Waals surface area contributed by atoms with E-state index in [2.05, 4.69) is 24.0 Å². The lowest BCUT2D eigenvalue weighted by molar-refractivity contribution is 0.310. The molecule has 3 heteroatoms. The molecule has 2 rings (SSSR count). The van der Waals surface area contributed by atoms with Crippen LogP contribution in [-0.4, -0.2) is 24.0 Å². The van der Waals surface area contributed by atoms with E-state index in [1.165, 1.54) is 37.9 Å². The van der Waals surface area contributed by atoms with Crippen LogP contribution in [0.25, 0.3) is 0 Å². The molecule has 0 radical (unpaired) electrons. The Morgan fingerprint density at radius 1 is 1.47 bits per heavy atom. The molecule has 1 saturated heterocycles. The van der Waals surface area contributed by atoms with Crippen molar-refractivity contribution in [2.45, 2.75) is 45.2 Å². The third-order valence-electron chi connectivity index (χ3n) is 4.14. The average Bonchev–Trinajstić information content (AvgIpc) is 2.83. The standard InChI is InChI=1S/C16H25ClN2/c1-2-16(18)7-6-13-8-9-19(11-13)12-14-4-3-5-15(17)10-14/h3-5,10,13,16H,2,6-9,11-12,18H2,1H3. The smallest absolute Gasteiger partial charge is 0.0409 e. The van der Waals surface area contributed by atoms with Crippen LogP contribution < -0.4 is 5.73 Å². The third kappa shape index (κ3) is 4.79. The number of nitrogens with zero attached hydrogens (tertiary/aromatic N) is 1. The van der Waals surface area contributed by atoms with Crippen LogP contribution in [0.1, 0.15) is 38.2 Å². The summed E-state index contributed by atoms with van der Waals surface area (Å²) in [6.07, 6.45) is 4.86. The first-order valence-electron chi connectivity index (χ1n) is 7.39. The number of hydrogen-bond donors (Lipinski definition) is 1. The highest BCUT2D eigenvalue weighted by molar-refractivity contribution is 6.30. The Bertz CT molecular complexity index is 394. The van der Waals surface area contributed by atoms with Crippen molar-refractivity contribution in [1.29, 1.82) is 0 Å². The Hall–Kier alpha value is -0.570. The van der Waals surface area contributed by atoms with Gasteiger partial charge >= 0.3 is 0 Å². The molecule has 0 saturated carbocycles. The molecule has 0 aliphatic carbocycles. The van der Waals surface area contributed by atoms with Gasteiger partial charge in [0.2, 0.25) is 0 Å². The van der Waals surface area contributed by atoms with E-state index in [0.717, 1.165) is 23.9 Å². The number of benzene rings is 1. The van der Waals surface area contributed by atoms with Crippen molar-refractivity contribution < 1.29 is 0 Å². The van der Waals surface area contributed by atoms with Crippen LogP contribution in [0.3, 0.4) is 0 Å². The first kappa shape index (κ1) is 14.8. The van der Waals surface area contributed by atoms with Gasteiger partial charge in [0.1, 0.15) is 0 Å². The minimum atomic E-state index is 0.391. The quantitative estimate of drug-likeness (QED) is 0.861. The lowest BCUT2D eigenvalue weighted by Crippen LogP contribution is -2.22. The summed E-state index contributed by atoms with van der Waals surface area (Å²) in [6.45, 7) is 5.61. The summed E-state index contributed by atoms with van der Waals surface area (Å²) in [6, 6.07) is 8.59. The first-order valence-corrected chi connectivity index (χ1v) is 7.77. The number of rotatable bonds is 6. The van der Waals surface area contributed by atoms with Gasteiger partial charge in [-0.05, 0) is 55.8 Å². The largest absolute Gasteiger partial charge is 0.328 e. The fourth-order valence-electron chi connectivity index (χ4n) is 2.84. The van der Waals surface area contributed by atoms with Gasteiger partial charge in [-0.2, -0.15) is 0 Å². The maximum Gasteiger partial charge on any atom is 0.0409 e. The zero-order valence-corrected chi connectivity index (χ0v) is 12.6. The molecule has 1 heterocycles. The molecule has 2 unspecified atom stereocenters. The second-order valence-corrected chi connectivity index (χ2v) is 6.20. The van der Waals surface area contributed by atoms with Gasteiger partial charge in [-0.25, -0.2) is 0 Å². The summed E-state index contributed by atoms with van der Waals surface area (Å²) >= 11 is 6.03. The minimum Gasteiger partial charge on any atom is -0.328 e. The van der Waals surface area contributed by atoms with Gasteiger partial charge in [0.15, 0.2) is 0 Å². The lowest BCUT2D eigenvalue weighted by atomic mass is 9.98. The second kappa shape index (κ2) is 7.28. The molecule has 1 aliphatic heterocycles. The van der Waals surface area contributed by atoms with E-state index in [9.17, 15) is 0 Å². The van der Waals surface area contributed by atoms with Crippen molar-refractivity contribution in [2.75, 3.05) is 13.1 Å². The van der Waals surface area contributed by atoms with Crippen LogP contribution in [0.4, 0.5) is 0 Å². The van der Waals surface area contributed by atoms with E-state index in [4.69, 9.17) is 17.3 Å². The Morgan fingerprint density at radius 3 is 3.05 bits per heavy atom. The van der Waals surface area contributed by atoms with Crippen LogP contribution in [0.2, 0.25) is 5.02 Å². The molecule has 1 aliphatic rings. The summed E-state index contributed by atoms with van der Waals surface area (Å²) in [5.74, 6) is 0.830. The molecule has 0 spiro atoms. The maximum absolute atomic E-state index is 6.03. The van der Waals surface area contributed by atoms with Gasteiger partial charge in [-0.1, -0.05) is 30.7 Å². The first-order chi connectivity index (χ1) is 9.17. The Labute approximate surface area is 121 Å². The van der Waals surface area contributed by atoms with Crippen molar-refractivity contribution in [3.8, 4) is 0 Å². The average molecular weight is 281 g/mol. The maximum atomic E-state index is 6.03. The monoisotopic (exact) mass is 280 g/mol. The molecule has 2 nitrogen and oxygen atoms in total. The molecule has 0 bridgehead atoms. The molecule has 106 valence electrons. The van der Waals surface area contributed by atoms with Crippen LogP contribution in [-0.2, 0) is 6.54 Å². The summed E-state index contributed by atoms with van der Waals surface area (Å²) in [7, 11) is 0. The van der Waals surface area contributed by atoms with Gasteiger partial charge in [-0.15, -0.1) is 0 Å². The van der Waals surface area contributed by atoms with Crippen LogP contribution >= 0.6 is 11.6 Å². The Morgan fingerprint density at radius 2 is 2.32 bits per heavy atom. The fraction of sp³-hybridized carbons (Fsp3) is 0.625. The van der Waals surface area contributed by atoms with E-state index in [0.29, 0.717) is 6.04 Å². The van der Waals surface area contributed by atoms with Gasteiger partial charge in [0.05, 0.1) is 0 Å². The summed E-state index contributed by atoms with van der Waals surface area (Å²) in [5.41, 5.74) is 7.32. The van der Waals surface area contributed by atoms with E-state index in [1.54, 1.807) is 0 Å². The molecule has 1 fully saturated rings. The zero-order valence-electron chi connectivity index (χ0n) is 11.8. The predicted molar refractivity (Wildman–Crippen MR) is 82.3 cm³/mol. The molecule has 1 aromatic carbocycles. The van der Waals surface area contributed by atoms with Crippen molar-refractivity contribution in [3.63, 3.8) is 0 Å². The number of likely N-dealkylation sites (tertiary alicyclic amines) is 1. The zero-order chi connectivity index (χ0) is 13.7. The molecule has 2 atom stereocenters. The Kier molecular flexibility index (Phi) is 5.68. The SMILES string of the molecule is CCC(N)CCC1CCN(Cc2cccc(Cl)c2)C1. The normalized spacial score (nSPS) is 21.7. The predicted octanol–water partition coefficient (Wildman–Crippen LogP) is 3.68. The third-order valence-corrected chi connectivity index (χ3v) is 4.37. The number of nitrogens with two attached hydrogens (primary N) is 1. The summed E-state index contributed by atoms with van der Waals surface area (Å²) in [4.78, 5) is 2.54. The van der Waals surface area contributed by atoms with E-state index in [1.807, 2.05) is 12.1 Å². The van der Waals surface area contributed by atoms with Crippen LogP contribution in [0, 0.1) is 5.92 Å². The molecular formula is C16H25ClN2. The van der Waals surface area contributed by atoms with Crippen molar-refractivity contribution in [2.24, 2.45) is 11.7 Å². The molecule has 1 aromatic rings. The molecule has 0 aromatic heterocycles. The summed E-state index contributed by atoms with van der Waals surface area (Å²) in [5, 5.41) is 0.835. The van der Waals surface area contributed by atoms with Gasteiger partial charge in [0, 0.05) is 24.2 Å². The second-order valence-electron chi connectivity index (χ2n) is 5.77. The van der Waals surface area contributed by atoms with Crippen LogP contribution in [0.5, 0.6) is 0 Å². The van der Waals surface area contributed by atoms with Gasteiger partial charge < -0.3 is 5.73 Å². The molecule has 19 heavy (non-hydrogen) atoms. The van der Waals surface area contributed by atoms with Crippen molar-refractivity contribution in [3.05, 3.63) is 34.9 Å². The van der Waals surface area contributed by atoms with Crippen molar-refractivity contribution in [1.82, 2.24) is 4.90 Å². The van der Waals surface area contributed by atoms with Gasteiger partial charge in [-0.3, -0.25) is 4.90 Å². The highest BCUT2D eigenvalue weighted by Gasteiger charge is 2.22. The van der Waals surface area contributed by atoms with E-state index in [-0.39, 0.29) is 0 Å². The fourth-order valence-corrected chi connectivity index (χ4v) is 3.05. The summed E-state index contributed by atoms with van der Waals surface area (Å²) < 4.78 is 0. The van der Waals surface area contributed by atoms with Crippen LogP contribution in [0.15, 0.2) is 24.3 Å². The lowest BCUT2D eigenvalue weighted by Gasteiger charge is -2.17. The topological polar surface area (TPSA) is 29.3 Å². The highest BCUT2D eigenvalue weighted by Crippen LogP contribution is 2.24. The number of hydrogen-bond acceptors (Lipinski definition) is 2. The minimum absolute atomic E-state index is 0.391. The number of halogens is 1. The Balaban J connectivity index is 1.76. The van der Waals surface area contributed by atoms with E-state index >= 15 is 0 Å². The molecule has 0 amide bonds. The molecular weight excluding hydrogens is 256 g/mol. The van der Waals surface area contributed by atoms with E-state index < -0.39 is 0 Å². The van der Waals surface area contributed by atoms with Gasteiger partial charge in [0.25, 0.3) is 0 Å². The highest BCUT2D eigenvalue weighted by atomic mass is 35.5.